The van der Waals surface area contributed by atoms with Crippen LogP contribution in [0.3, 0.4) is 0 Å². The Hall–Kier alpha value is -3.74. The van der Waals surface area contributed by atoms with E-state index in [0.717, 1.165) is 25.3 Å². The molecule has 1 amide bonds. The van der Waals surface area contributed by atoms with E-state index in [9.17, 15) is 19.2 Å². The van der Waals surface area contributed by atoms with Gasteiger partial charge < -0.3 is 14.8 Å². The molecule has 0 bridgehead atoms. The lowest BCUT2D eigenvalue weighted by Gasteiger charge is -2.26. The van der Waals surface area contributed by atoms with Crippen molar-refractivity contribution < 1.29 is 28.7 Å². The average molecular weight is 450 g/mol. The van der Waals surface area contributed by atoms with E-state index in [1.807, 2.05) is 37.3 Å². The van der Waals surface area contributed by atoms with Gasteiger partial charge in [0.1, 0.15) is 6.61 Å². The number of carbonyl (C=O) groups excluding carboxylic acids is 4. The highest BCUT2D eigenvalue weighted by Gasteiger charge is 2.38. The van der Waals surface area contributed by atoms with Crippen molar-refractivity contribution in [1.29, 1.82) is 0 Å². The van der Waals surface area contributed by atoms with Crippen LogP contribution in [-0.2, 0) is 20.9 Å². The van der Waals surface area contributed by atoms with Gasteiger partial charge in [0.05, 0.1) is 11.6 Å². The standard InChI is InChI=1S/C26H27NO6/c1-3-4-6-15-21(27-26(31)32-16-18-11-7-5-8-12-18)22-23(29)19-13-9-10-14-20(19)24(30)25(22)33-17(2)28/h5,7-14,21H,3-4,6,15-16H2,1-2H3,(H,27,31). The second kappa shape index (κ2) is 11.2. The minimum absolute atomic E-state index is 0.0262. The summed E-state index contributed by atoms with van der Waals surface area (Å²) in [7, 11) is 0. The number of unbranched alkanes of at least 4 members (excludes halogenated alkanes) is 2. The van der Waals surface area contributed by atoms with E-state index >= 15 is 0 Å². The van der Waals surface area contributed by atoms with Crippen molar-refractivity contribution in [3.63, 3.8) is 0 Å². The highest BCUT2D eigenvalue weighted by Crippen LogP contribution is 2.30. The number of Topliss-reactive ketones (excluding diaryl/α,β-unsaturated/α-hetero) is 2. The molecule has 2 aromatic rings. The molecule has 7 nitrogen and oxygen atoms in total. The van der Waals surface area contributed by atoms with Crippen LogP contribution in [0.4, 0.5) is 4.79 Å². The van der Waals surface area contributed by atoms with Crippen LogP contribution in [0.25, 0.3) is 0 Å². The molecule has 0 spiro atoms. The number of hydrogen-bond acceptors (Lipinski definition) is 6. The number of rotatable bonds is 9. The molecule has 0 aliphatic heterocycles. The van der Waals surface area contributed by atoms with Gasteiger partial charge in [-0.25, -0.2) is 4.79 Å². The Morgan fingerprint density at radius 3 is 2.18 bits per heavy atom. The summed E-state index contributed by atoms with van der Waals surface area (Å²) in [5.41, 5.74) is 1.17. The number of nitrogens with one attached hydrogen (secondary N) is 1. The predicted octanol–water partition coefficient (Wildman–Crippen LogP) is 4.76. The van der Waals surface area contributed by atoms with Crippen molar-refractivity contribution in [1.82, 2.24) is 5.32 Å². The maximum Gasteiger partial charge on any atom is 0.407 e. The van der Waals surface area contributed by atoms with E-state index in [4.69, 9.17) is 9.47 Å². The molecule has 33 heavy (non-hydrogen) atoms. The molecule has 0 radical (unpaired) electrons. The first kappa shape index (κ1) is 23.9. The molecule has 2 aromatic carbocycles. The van der Waals surface area contributed by atoms with E-state index in [2.05, 4.69) is 5.32 Å². The molecular formula is C26H27NO6. The van der Waals surface area contributed by atoms with Gasteiger partial charge in [-0.2, -0.15) is 0 Å². The van der Waals surface area contributed by atoms with Gasteiger partial charge in [0, 0.05) is 18.1 Å². The van der Waals surface area contributed by atoms with Crippen molar-refractivity contribution in [3.05, 3.63) is 82.6 Å². The number of benzene rings is 2. The summed E-state index contributed by atoms with van der Waals surface area (Å²) in [5.74, 6) is -2.07. The van der Waals surface area contributed by atoms with E-state index in [1.165, 1.54) is 6.07 Å². The zero-order valence-electron chi connectivity index (χ0n) is 18.8. The molecule has 1 atom stereocenters. The van der Waals surface area contributed by atoms with Gasteiger partial charge in [-0.3, -0.25) is 14.4 Å². The maximum atomic E-state index is 13.4. The SMILES string of the molecule is CCCCCC(NC(=O)OCc1ccccc1)C1=C(OC(C)=O)C(=O)c2ccccc2C1=O. The van der Waals surface area contributed by atoms with Crippen LogP contribution in [0.5, 0.6) is 0 Å². The van der Waals surface area contributed by atoms with E-state index < -0.39 is 29.7 Å². The number of hydrogen-bond donors (Lipinski definition) is 1. The summed E-state index contributed by atoms with van der Waals surface area (Å²) in [5, 5.41) is 2.72. The molecule has 0 aromatic heterocycles. The minimum Gasteiger partial charge on any atom is -0.445 e. The Morgan fingerprint density at radius 1 is 0.909 bits per heavy atom. The first-order valence-electron chi connectivity index (χ1n) is 11.0. The maximum absolute atomic E-state index is 13.4. The second-order valence-corrected chi connectivity index (χ2v) is 7.79. The topological polar surface area (TPSA) is 98.8 Å². The number of ether oxygens (including phenoxy) is 2. The van der Waals surface area contributed by atoms with E-state index in [-0.39, 0.29) is 29.1 Å². The lowest BCUT2D eigenvalue weighted by Crippen LogP contribution is -2.42. The van der Waals surface area contributed by atoms with Gasteiger partial charge in [0.15, 0.2) is 11.5 Å². The van der Waals surface area contributed by atoms with Crippen LogP contribution in [0, 0.1) is 0 Å². The second-order valence-electron chi connectivity index (χ2n) is 7.79. The van der Waals surface area contributed by atoms with Gasteiger partial charge in [-0.15, -0.1) is 0 Å². The number of esters is 1. The van der Waals surface area contributed by atoms with Crippen LogP contribution in [0.1, 0.15) is 65.8 Å². The van der Waals surface area contributed by atoms with Crippen LogP contribution in [-0.4, -0.2) is 29.7 Å². The van der Waals surface area contributed by atoms with Crippen LogP contribution >= 0.6 is 0 Å². The molecule has 0 saturated carbocycles. The highest BCUT2D eigenvalue weighted by molar-refractivity contribution is 6.27. The Labute approximate surface area is 192 Å². The molecule has 0 heterocycles. The number of ketones is 2. The summed E-state index contributed by atoms with van der Waals surface area (Å²) < 4.78 is 10.5. The Balaban J connectivity index is 1.91. The molecule has 1 aliphatic rings. The number of carbonyl (C=O) groups is 4. The fourth-order valence-corrected chi connectivity index (χ4v) is 3.73. The number of amides is 1. The largest absolute Gasteiger partial charge is 0.445 e. The van der Waals surface area contributed by atoms with Crippen LogP contribution in [0.15, 0.2) is 65.9 Å². The fraction of sp³-hybridized carbons (Fsp3) is 0.308. The van der Waals surface area contributed by atoms with Crippen molar-refractivity contribution in [2.75, 3.05) is 0 Å². The van der Waals surface area contributed by atoms with Gasteiger partial charge in [0.25, 0.3) is 0 Å². The summed E-state index contributed by atoms with van der Waals surface area (Å²) in [6, 6.07) is 14.7. The van der Waals surface area contributed by atoms with Crippen LogP contribution < -0.4 is 5.32 Å². The van der Waals surface area contributed by atoms with Crippen molar-refractivity contribution in [2.45, 2.75) is 52.2 Å². The molecule has 1 aliphatic carbocycles. The normalized spacial score (nSPS) is 13.9. The third-order valence-electron chi connectivity index (χ3n) is 5.31. The Kier molecular flexibility index (Phi) is 8.13. The Bertz CT molecular complexity index is 1070. The lowest BCUT2D eigenvalue weighted by atomic mass is 9.83. The zero-order chi connectivity index (χ0) is 23.8. The first-order chi connectivity index (χ1) is 15.9. The summed E-state index contributed by atoms with van der Waals surface area (Å²) in [6.45, 7) is 3.25. The lowest BCUT2D eigenvalue weighted by molar-refractivity contribution is -0.136. The van der Waals surface area contributed by atoms with Crippen LogP contribution in [0.2, 0.25) is 0 Å². The highest BCUT2D eigenvalue weighted by atomic mass is 16.5. The quantitative estimate of drug-likeness (QED) is 0.438. The Morgan fingerprint density at radius 2 is 1.55 bits per heavy atom. The molecule has 1 N–H and O–H groups in total. The number of alkyl carbamates (subject to hydrolysis) is 1. The minimum atomic E-state index is -0.848. The number of fused-ring (bicyclic) bond motifs is 1. The molecular weight excluding hydrogens is 422 g/mol. The molecule has 0 saturated heterocycles. The third-order valence-corrected chi connectivity index (χ3v) is 5.31. The zero-order valence-corrected chi connectivity index (χ0v) is 18.8. The summed E-state index contributed by atoms with van der Waals surface area (Å²) in [4.78, 5) is 50.9. The van der Waals surface area contributed by atoms with E-state index in [1.54, 1.807) is 18.2 Å². The smallest absolute Gasteiger partial charge is 0.407 e. The van der Waals surface area contributed by atoms with E-state index in [0.29, 0.717) is 12.8 Å². The summed E-state index contributed by atoms with van der Waals surface area (Å²) in [6.07, 6.45) is 2.15. The predicted molar refractivity (Wildman–Crippen MR) is 122 cm³/mol. The molecule has 172 valence electrons. The average Bonchev–Trinajstić information content (AvgIpc) is 2.81. The van der Waals surface area contributed by atoms with Crippen molar-refractivity contribution in [3.8, 4) is 0 Å². The van der Waals surface area contributed by atoms with Gasteiger partial charge >= 0.3 is 12.1 Å². The first-order valence-corrected chi connectivity index (χ1v) is 11.0. The fourth-order valence-electron chi connectivity index (χ4n) is 3.73. The van der Waals surface area contributed by atoms with Gasteiger partial charge in [-0.1, -0.05) is 80.8 Å². The van der Waals surface area contributed by atoms with Gasteiger partial charge in [0.2, 0.25) is 5.78 Å². The molecule has 3 rings (SSSR count). The molecule has 0 fully saturated rings. The number of allylic oxidation sites excluding steroid dienone is 1. The van der Waals surface area contributed by atoms with Crippen molar-refractivity contribution in [2.24, 2.45) is 0 Å². The molecule has 1 unspecified atom stereocenters. The monoisotopic (exact) mass is 449 g/mol. The summed E-state index contributed by atoms with van der Waals surface area (Å²) >= 11 is 0. The van der Waals surface area contributed by atoms with Gasteiger partial charge in [-0.05, 0) is 12.0 Å². The molecule has 7 heteroatoms. The third kappa shape index (κ3) is 5.94. The van der Waals surface area contributed by atoms with Crippen molar-refractivity contribution >= 4 is 23.6 Å².